The van der Waals surface area contributed by atoms with E-state index in [1.54, 1.807) is 0 Å². The van der Waals surface area contributed by atoms with Gasteiger partial charge in [0, 0.05) is 25.7 Å². The minimum Gasteiger partial charge on any atom is -0.374 e. The van der Waals surface area contributed by atoms with Crippen LogP contribution >= 0.6 is 0 Å². The summed E-state index contributed by atoms with van der Waals surface area (Å²) in [6, 6.07) is 8.35. The van der Waals surface area contributed by atoms with Gasteiger partial charge in [-0.2, -0.15) is 0 Å². The van der Waals surface area contributed by atoms with Gasteiger partial charge in [0.05, 0.1) is 0 Å². The first-order valence-electron chi connectivity index (χ1n) is 5.47. The molecule has 0 radical (unpaired) electrons. The number of amides is 1. The molecule has 0 bridgehead atoms. The Labute approximate surface area is 96.4 Å². The summed E-state index contributed by atoms with van der Waals surface area (Å²) in [5.74, 6) is 4.88. The summed E-state index contributed by atoms with van der Waals surface area (Å²) in [5, 5.41) is 0. The first kappa shape index (κ1) is 12.5. The van der Waals surface area contributed by atoms with Crippen molar-refractivity contribution in [1.29, 1.82) is 0 Å². The Morgan fingerprint density at radius 3 is 2.50 bits per heavy atom. The number of hydrogen-bond acceptors (Lipinski definition) is 3. The van der Waals surface area contributed by atoms with Crippen molar-refractivity contribution in [2.75, 3.05) is 18.5 Å². The number of rotatable bonds is 5. The zero-order valence-corrected chi connectivity index (χ0v) is 9.86. The summed E-state index contributed by atoms with van der Waals surface area (Å²) < 4.78 is 0. The molecule has 0 saturated carbocycles. The Kier molecular flexibility index (Phi) is 4.79. The van der Waals surface area contributed by atoms with Gasteiger partial charge in [0.1, 0.15) is 0 Å². The molecule has 4 heteroatoms. The van der Waals surface area contributed by atoms with Crippen LogP contribution in [0.1, 0.15) is 18.9 Å². The average molecular weight is 221 g/mol. The molecule has 1 aromatic rings. The quantitative estimate of drug-likeness (QED) is 0.444. The van der Waals surface area contributed by atoms with Crippen molar-refractivity contribution in [2.24, 2.45) is 5.84 Å². The minimum absolute atomic E-state index is 0.142. The second-order valence-electron chi connectivity index (χ2n) is 3.76. The SMILES string of the molecule is CCc1ccc(N(C)CCC(=O)NN)cc1. The first-order valence-corrected chi connectivity index (χ1v) is 5.47. The van der Waals surface area contributed by atoms with E-state index in [1.165, 1.54) is 5.56 Å². The molecule has 0 aliphatic rings. The molecule has 0 fully saturated rings. The molecule has 1 amide bonds. The monoisotopic (exact) mass is 221 g/mol. The summed E-state index contributed by atoms with van der Waals surface area (Å²) in [6.45, 7) is 2.79. The van der Waals surface area contributed by atoms with Crippen molar-refractivity contribution in [3.8, 4) is 0 Å². The highest BCUT2D eigenvalue weighted by Gasteiger charge is 2.03. The summed E-state index contributed by atoms with van der Waals surface area (Å²) in [4.78, 5) is 13.0. The van der Waals surface area contributed by atoms with Crippen LogP contribution in [0.3, 0.4) is 0 Å². The molecular weight excluding hydrogens is 202 g/mol. The summed E-state index contributed by atoms with van der Waals surface area (Å²) in [5.41, 5.74) is 4.55. The van der Waals surface area contributed by atoms with E-state index in [0.717, 1.165) is 12.1 Å². The van der Waals surface area contributed by atoms with Crippen LogP contribution in [0.2, 0.25) is 0 Å². The normalized spacial score (nSPS) is 9.94. The summed E-state index contributed by atoms with van der Waals surface area (Å²) in [6.07, 6.45) is 1.45. The molecule has 0 spiro atoms. The summed E-state index contributed by atoms with van der Waals surface area (Å²) in [7, 11) is 1.96. The fourth-order valence-electron chi connectivity index (χ4n) is 1.46. The second-order valence-corrected chi connectivity index (χ2v) is 3.76. The van der Waals surface area contributed by atoms with Gasteiger partial charge in [-0.1, -0.05) is 19.1 Å². The van der Waals surface area contributed by atoms with Gasteiger partial charge in [-0.15, -0.1) is 0 Å². The number of aryl methyl sites for hydroxylation is 1. The number of nitrogens with two attached hydrogens (primary N) is 1. The fourth-order valence-corrected chi connectivity index (χ4v) is 1.46. The van der Waals surface area contributed by atoms with E-state index in [2.05, 4.69) is 36.6 Å². The van der Waals surface area contributed by atoms with Crippen LogP contribution in [0, 0.1) is 0 Å². The Morgan fingerprint density at radius 2 is 2.00 bits per heavy atom. The predicted octanol–water partition coefficient (Wildman–Crippen LogP) is 1.07. The van der Waals surface area contributed by atoms with Gasteiger partial charge in [-0.25, -0.2) is 5.84 Å². The molecule has 4 nitrogen and oxygen atoms in total. The van der Waals surface area contributed by atoms with Crippen LogP contribution in [0.25, 0.3) is 0 Å². The van der Waals surface area contributed by atoms with Gasteiger partial charge in [0.2, 0.25) is 5.91 Å². The minimum atomic E-state index is -0.142. The van der Waals surface area contributed by atoms with E-state index in [0.29, 0.717) is 13.0 Å². The molecule has 88 valence electrons. The lowest BCUT2D eigenvalue weighted by Gasteiger charge is -2.18. The van der Waals surface area contributed by atoms with E-state index in [-0.39, 0.29) is 5.91 Å². The van der Waals surface area contributed by atoms with Crippen LogP contribution in [-0.2, 0) is 11.2 Å². The highest BCUT2D eigenvalue weighted by Crippen LogP contribution is 2.14. The maximum atomic E-state index is 11.0. The molecule has 1 rings (SSSR count). The predicted molar refractivity (Wildman–Crippen MR) is 66.0 cm³/mol. The van der Waals surface area contributed by atoms with Crippen LogP contribution in [0.15, 0.2) is 24.3 Å². The van der Waals surface area contributed by atoms with Gasteiger partial charge < -0.3 is 4.90 Å². The number of hydrazine groups is 1. The third-order valence-corrected chi connectivity index (χ3v) is 2.62. The number of hydrogen-bond donors (Lipinski definition) is 2. The van der Waals surface area contributed by atoms with Crippen molar-refractivity contribution >= 4 is 11.6 Å². The molecule has 16 heavy (non-hydrogen) atoms. The number of benzene rings is 1. The maximum Gasteiger partial charge on any atom is 0.235 e. The van der Waals surface area contributed by atoms with Gasteiger partial charge in [0.15, 0.2) is 0 Å². The highest BCUT2D eigenvalue weighted by atomic mass is 16.2. The second kappa shape index (κ2) is 6.12. The number of nitrogens with zero attached hydrogens (tertiary/aromatic N) is 1. The van der Waals surface area contributed by atoms with E-state index >= 15 is 0 Å². The number of nitrogens with one attached hydrogen (secondary N) is 1. The Bertz CT molecular complexity index is 335. The smallest absolute Gasteiger partial charge is 0.235 e. The van der Waals surface area contributed by atoms with Crippen molar-refractivity contribution < 1.29 is 4.79 Å². The van der Waals surface area contributed by atoms with Crippen molar-refractivity contribution in [1.82, 2.24) is 5.43 Å². The molecule has 0 aliphatic heterocycles. The van der Waals surface area contributed by atoms with Gasteiger partial charge in [0.25, 0.3) is 0 Å². The highest BCUT2D eigenvalue weighted by molar-refractivity contribution is 5.75. The molecule has 0 unspecified atom stereocenters. The van der Waals surface area contributed by atoms with Crippen molar-refractivity contribution in [3.05, 3.63) is 29.8 Å². The molecule has 0 heterocycles. The molecule has 0 saturated heterocycles. The van der Waals surface area contributed by atoms with E-state index in [9.17, 15) is 4.79 Å². The topological polar surface area (TPSA) is 58.4 Å². The zero-order valence-electron chi connectivity index (χ0n) is 9.86. The molecule has 0 aliphatic carbocycles. The number of carbonyl (C=O) groups excluding carboxylic acids is 1. The largest absolute Gasteiger partial charge is 0.374 e. The number of anilines is 1. The zero-order chi connectivity index (χ0) is 12.0. The Morgan fingerprint density at radius 1 is 1.38 bits per heavy atom. The molecule has 3 N–H and O–H groups in total. The molecule has 0 atom stereocenters. The van der Waals surface area contributed by atoms with Gasteiger partial charge in [-0.05, 0) is 24.1 Å². The molecule has 1 aromatic carbocycles. The standard InChI is InChI=1S/C12H19N3O/c1-3-10-4-6-11(7-5-10)15(2)9-8-12(16)14-13/h4-7H,3,8-9,13H2,1-2H3,(H,14,16). The molecule has 0 aromatic heterocycles. The molecular formula is C12H19N3O. The van der Waals surface area contributed by atoms with E-state index in [4.69, 9.17) is 5.84 Å². The third-order valence-electron chi connectivity index (χ3n) is 2.62. The van der Waals surface area contributed by atoms with Crippen LogP contribution in [-0.4, -0.2) is 19.5 Å². The van der Waals surface area contributed by atoms with Crippen LogP contribution in [0.4, 0.5) is 5.69 Å². The van der Waals surface area contributed by atoms with E-state index in [1.807, 2.05) is 11.9 Å². The Hall–Kier alpha value is -1.55. The van der Waals surface area contributed by atoms with Crippen molar-refractivity contribution in [3.63, 3.8) is 0 Å². The fraction of sp³-hybridized carbons (Fsp3) is 0.417. The lowest BCUT2D eigenvalue weighted by atomic mass is 10.1. The summed E-state index contributed by atoms with van der Waals surface area (Å²) >= 11 is 0. The van der Waals surface area contributed by atoms with E-state index < -0.39 is 0 Å². The van der Waals surface area contributed by atoms with Crippen LogP contribution in [0.5, 0.6) is 0 Å². The lowest BCUT2D eigenvalue weighted by molar-refractivity contribution is -0.120. The number of carbonyl (C=O) groups is 1. The third kappa shape index (κ3) is 3.55. The van der Waals surface area contributed by atoms with Crippen LogP contribution < -0.4 is 16.2 Å². The van der Waals surface area contributed by atoms with Gasteiger partial charge in [-0.3, -0.25) is 10.2 Å². The first-order chi connectivity index (χ1) is 7.67. The maximum absolute atomic E-state index is 11.0. The van der Waals surface area contributed by atoms with Gasteiger partial charge >= 0.3 is 0 Å². The lowest BCUT2D eigenvalue weighted by Crippen LogP contribution is -2.33. The average Bonchev–Trinajstić information content (AvgIpc) is 2.35. The van der Waals surface area contributed by atoms with Crippen molar-refractivity contribution in [2.45, 2.75) is 19.8 Å². The Balaban J connectivity index is 2.52.